The van der Waals surface area contributed by atoms with Crippen molar-refractivity contribution in [2.75, 3.05) is 4.90 Å². The van der Waals surface area contributed by atoms with Gasteiger partial charge in [0.1, 0.15) is 0 Å². The van der Waals surface area contributed by atoms with Gasteiger partial charge in [0.05, 0.1) is 27.1 Å². The summed E-state index contributed by atoms with van der Waals surface area (Å²) in [6, 6.07) is 80.0. The van der Waals surface area contributed by atoms with Gasteiger partial charge in [-0.05, 0) is 98.9 Å². The summed E-state index contributed by atoms with van der Waals surface area (Å²) >= 11 is 1.90. The molecule has 0 unspecified atom stereocenters. The van der Waals surface area contributed by atoms with Crippen LogP contribution >= 0.6 is 11.3 Å². The number of anilines is 3. The molecule has 0 aliphatic carbocycles. The first-order valence-electron chi connectivity index (χ1n) is 20.2. The van der Waals surface area contributed by atoms with Crippen molar-refractivity contribution in [3.05, 3.63) is 218 Å². The van der Waals surface area contributed by atoms with E-state index in [-0.39, 0.29) is 0 Å². The van der Waals surface area contributed by atoms with Crippen molar-refractivity contribution in [2.24, 2.45) is 0 Å². The van der Waals surface area contributed by atoms with Gasteiger partial charge in [0.15, 0.2) is 0 Å². The fraction of sp³-hybridized carbons (Fsp3) is 0. The van der Waals surface area contributed by atoms with E-state index in [4.69, 9.17) is 0 Å². The molecule has 3 heteroatoms. The zero-order chi connectivity index (χ0) is 38.9. The predicted molar refractivity (Wildman–Crippen MR) is 254 cm³/mol. The molecular weight excluding hydrogens is 733 g/mol. The molecule has 2 heterocycles. The Labute approximate surface area is 346 Å². The van der Waals surface area contributed by atoms with E-state index < -0.39 is 0 Å². The monoisotopic (exact) mass is 768 g/mol. The number of nitrogens with zero attached hydrogens (tertiary/aromatic N) is 2. The van der Waals surface area contributed by atoms with Crippen LogP contribution in [0.4, 0.5) is 17.1 Å². The lowest BCUT2D eigenvalue weighted by Crippen LogP contribution is -2.11. The van der Waals surface area contributed by atoms with E-state index in [9.17, 15) is 0 Å². The molecule has 12 aromatic rings. The van der Waals surface area contributed by atoms with E-state index in [0.717, 1.165) is 22.7 Å². The molecule has 0 atom stereocenters. The second kappa shape index (κ2) is 13.6. The number of aromatic nitrogens is 1. The van der Waals surface area contributed by atoms with Crippen LogP contribution < -0.4 is 4.90 Å². The van der Waals surface area contributed by atoms with Gasteiger partial charge in [0.25, 0.3) is 0 Å². The molecule has 0 fully saturated rings. The number of benzene rings is 10. The van der Waals surface area contributed by atoms with Crippen molar-refractivity contribution in [2.45, 2.75) is 0 Å². The van der Waals surface area contributed by atoms with Crippen LogP contribution in [-0.4, -0.2) is 4.57 Å². The van der Waals surface area contributed by atoms with Crippen LogP contribution in [0.1, 0.15) is 0 Å². The van der Waals surface area contributed by atoms with Crippen LogP contribution in [0.3, 0.4) is 0 Å². The fourth-order valence-corrected chi connectivity index (χ4v) is 10.5. The predicted octanol–water partition coefficient (Wildman–Crippen LogP) is 16.3. The second-order valence-corrected chi connectivity index (χ2v) is 16.3. The average molecular weight is 769 g/mol. The minimum Gasteiger partial charge on any atom is -0.309 e. The summed E-state index contributed by atoms with van der Waals surface area (Å²) in [6.07, 6.45) is 0. The van der Waals surface area contributed by atoms with Gasteiger partial charge in [-0.2, -0.15) is 0 Å². The van der Waals surface area contributed by atoms with E-state index in [0.29, 0.717) is 0 Å². The lowest BCUT2D eigenvalue weighted by molar-refractivity contribution is 1.18. The Morgan fingerprint density at radius 1 is 0.339 bits per heavy atom. The lowest BCUT2D eigenvalue weighted by atomic mass is 9.95. The van der Waals surface area contributed by atoms with Crippen LogP contribution in [0.5, 0.6) is 0 Å². The van der Waals surface area contributed by atoms with Crippen molar-refractivity contribution in [3.8, 4) is 27.9 Å². The highest BCUT2D eigenvalue weighted by molar-refractivity contribution is 7.27. The van der Waals surface area contributed by atoms with Crippen LogP contribution in [0.25, 0.3) is 91.5 Å². The minimum absolute atomic E-state index is 1.11. The van der Waals surface area contributed by atoms with Gasteiger partial charge in [-0.1, -0.05) is 158 Å². The second-order valence-electron chi connectivity index (χ2n) is 15.3. The highest BCUT2D eigenvalue weighted by atomic mass is 32.1. The first-order valence-corrected chi connectivity index (χ1v) is 21.0. The minimum atomic E-state index is 1.11. The molecule has 12 rings (SSSR count). The normalized spacial score (nSPS) is 11.7. The molecular formula is C56H36N2S. The molecule has 59 heavy (non-hydrogen) atoms. The maximum atomic E-state index is 2.51. The lowest BCUT2D eigenvalue weighted by Gasteiger charge is -2.29. The van der Waals surface area contributed by atoms with E-state index >= 15 is 0 Å². The van der Waals surface area contributed by atoms with Gasteiger partial charge in [-0.25, -0.2) is 0 Å². The summed E-state index contributed by atoms with van der Waals surface area (Å²) in [4.78, 5) is 2.51. The Hall–Kier alpha value is -7.46. The molecule has 0 spiro atoms. The van der Waals surface area contributed by atoms with E-state index in [1.165, 1.54) is 85.8 Å². The average Bonchev–Trinajstić information content (AvgIpc) is 3.86. The molecule has 0 N–H and O–H groups in total. The van der Waals surface area contributed by atoms with Gasteiger partial charge < -0.3 is 9.47 Å². The quantitative estimate of drug-likeness (QED) is 0.164. The highest BCUT2D eigenvalue weighted by Gasteiger charge is 2.24. The molecule has 0 aliphatic rings. The Morgan fingerprint density at radius 3 is 1.85 bits per heavy atom. The molecule has 0 saturated carbocycles. The third-order valence-corrected chi connectivity index (χ3v) is 13.2. The summed E-state index contributed by atoms with van der Waals surface area (Å²) in [5, 5.41) is 10.1. The SMILES string of the molecule is c1ccc(-c2cc(-c3ccc4ccccc4c3)ccc2N(c2ccc3c(c2)c2ccccc2n3-c2ccccc2)c2cccc3c2sc2c4ccccc4ccc32)cc1. The van der Waals surface area contributed by atoms with Crippen LogP contribution in [-0.2, 0) is 0 Å². The Kier molecular flexibility index (Phi) is 7.75. The molecule has 0 aliphatic heterocycles. The van der Waals surface area contributed by atoms with Crippen LogP contribution in [0, 0.1) is 0 Å². The van der Waals surface area contributed by atoms with Gasteiger partial charge in [0.2, 0.25) is 0 Å². The summed E-state index contributed by atoms with van der Waals surface area (Å²) in [5.74, 6) is 0. The van der Waals surface area contributed by atoms with Crippen molar-refractivity contribution >= 4 is 91.9 Å². The molecule has 276 valence electrons. The van der Waals surface area contributed by atoms with Crippen molar-refractivity contribution in [1.82, 2.24) is 4.57 Å². The zero-order valence-corrected chi connectivity index (χ0v) is 32.9. The number of fused-ring (bicyclic) bond motifs is 9. The standard InChI is InChI=1S/C56H36N2S/c1-3-15-38(16-4-1)49-35-42(41-27-26-37-14-7-8-18-40(37)34-41)29-32-52(49)58(54-25-13-23-47-48-31-28-39-17-9-10-21-45(39)55(48)59-56(47)54)44-30-33-53-50(36-44)46-22-11-12-24-51(46)57(53)43-19-5-2-6-20-43/h1-36H. The van der Waals surface area contributed by atoms with Gasteiger partial charge in [0, 0.05) is 43.2 Å². The summed E-state index contributed by atoms with van der Waals surface area (Å²) in [7, 11) is 0. The van der Waals surface area contributed by atoms with Crippen molar-refractivity contribution in [3.63, 3.8) is 0 Å². The van der Waals surface area contributed by atoms with Gasteiger partial charge in [-0.15, -0.1) is 11.3 Å². The van der Waals surface area contributed by atoms with E-state index in [2.05, 4.69) is 228 Å². The van der Waals surface area contributed by atoms with Crippen LogP contribution in [0.2, 0.25) is 0 Å². The maximum Gasteiger partial charge on any atom is 0.0640 e. The summed E-state index contributed by atoms with van der Waals surface area (Å²) in [5.41, 5.74) is 11.7. The first-order chi connectivity index (χ1) is 29.3. The molecule has 0 radical (unpaired) electrons. The molecule has 10 aromatic carbocycles. The number of rotatable bonds is 6. The molecule has 0 amide bonds. The Morgan fingerprint density at radius 2 is 0.983 bits per heavy atom. The third-order valence-electron chi connectivity index (χ3n) is 11.9. The summed E-state index contributed by atoms with van der Waals surface area (Å²) in [6.45, 7) is 0. The number of para-hydroxylation sites is 2. The molecule has 2 nitrogen and oxygen atoms in total. The smallest absolute Gasteiger partial charge is 0.0640 e. The Bertz CT molecular complexity index is 3560. The highest BCUT2D eigenvalue weighted by Crippen LogP contribution is 2.50. The van der Waals surface area contributed by atoms with Crippen molar-refractivity contribution in [1.29, 1.82) is 0 Å². The summed E-state index contributed by atoms with van der Waals surface area (Å²) < 4.78 is 4.98. The topological polar surface area (TPSA) is 8.17 Å². The van der Waals surface area contributed by atoms with Gasteiger partial charge in [-0.3, -0.25) is 0 Å². The van der Waals surface area contributed by atoms with E-state index in [1.54, 1.807) is 0 Å². The number of thiophene rings is 1. The zero-order valence-electron chi connectivity index (χ0n) is 32.1. The maximum absolute atomic E-state index is 2.51. The molecule has 0 saturated heterocycles. The molecule has 0 bridgehead atoms. The fourth-order valence-electron chi connectivity index (χ4n) is 9.18. The Balaban J connectivity index is 1.15. The third kappa shape index (κ3) is 5.47. The van der Waals surface area contributed by atoms with Gasteiger partial charge >= 0.3 is 0 Å². The molecule has 2 aromatic heterocycles. The van der Waals surface area contributed by atoms with Crippen molar-refractivity contribution < 1.29 is 0 Å². The largest absolute Gasteiger partial charge is 0.309 e. The van der Waals surface area contributed by atoms with Crippen LogP contribution in [0.15, 0.2) is 218 Å². The first kappa shape index (κ1) is 33.7. The number of hydrogen-bond donors (Lipinski definition) is 0. The van der Waals surface area contributed by atoms with E-state index in [1.807, 2.05) is 11.3 Å². The number of hydrogen-bond acceptors (Lipinski definition) is 2.